The van der Waals surface area contributed by atoms with Gasteiger partial charge in [-0.1, -0.05) is 0 Å². The van der Waals surface area contributed by atoms with Gasteiger partial charge in [0.05, 0.1) is 11.1 Å². The zero-order valence-corrected chi connectivity index (χ0v) is 14.0. The number of ether oxygens (including phenoxy) is 2. The van der Waals surface area contributed by atoms with Crippen LogP contribution in [0.2, 0.25) is 0 Å². The van der Waals surface area contributed by atoms with Crippen LogP contribution in [0.15, 0.2) is 24.3 Å². The van der Waals surface area contributed by atoms with Crippen molar-refractivity contribution in [3.8, 4) is 0 Å². The molecule has 0 saturated carbocycles. The summed E-state index contributed by atoms with van der Waals surface area (Å²) in [5, 5.41) is 0. The Balaban J connectivity index is 2.70. The molecule has 6 heteroatoms. The highest BCUT2D eigenvalue weighted by Crippen LogP contribution is 2.10. The number of hydrogen-bond donors (Lipinski definition) is 0. The molecule has 0 saturated heterocycles. The Hall–Kier alpha value is -1.92. The number of rotatable bonds is 6. The van der Waals surface area contributed by atoms with Gasteiger partial charge in [-0.2, -0.15) is 0 Å². The summed E-state index contributed by atoms with van der Waals surface area (Å²) in [5.74, 6) is -0.856. The molecule has 22 heavy (non-hydrogen) atoms. The van der Waals surface area contributed by atoms with Crippen LogP contribution in [0, 0.1) is 0 Å². The third kappa shape index (κ3) is 5.13. The lowest BCUT2D eigenvalue weighted by molar-refractivity contribution is -0.00666. The maximum Gasteiger partial charge on any atom is 0.339 e. The second-order valence-corrected chi connectivity index (χ2v) is 5.51. The Labute approximate surface area is 131 Å². The van der Waals surface area contributed by atoms with Crippen molar-refractivity contribution in [3.05, 3.63) is 35.4 Å². The molecule has 2 atom stereocenters. The van der Waals surface area contributed by atoms with Gasteiger partial charge in [0.15, 0.2) is 12.5 Å². The average molecular weight is 308 g/mol. The van der Waals surface area contributed by atoms with Gasteiger partial charge in [0.25, 0.3) is 0 Å². The van der Waals surface area contributed by atoms with E-state index in [-0.39, 0.29) is 12.5 Å². The summed E-state index contributed by atoms with van der Waals surface area (Å²) in [6.07, 6.45) is -0.642. The van der Waals surface area contributed by atoms with E-state index >= 15 is 0 Å². The first-order valence-corrected chi connectivity index (χ1v) is 7.07. The van der Waals surface area contributed by atoms with Crippen LogP contribution in [0.3, 0.4) is 0 Å². The van der Waals surface area contributed by atoms with Crippen LogP contribution in [-0.4, -0.2) is 62.4 Å². The zero-order valence-electron chi connectivity index (χ0n) is 14.0. The van der Waals surface area contributed by atoms with E-state index in [9.17, 15) is 9.59 Å². The van der Waals surface area contributed by atoms with E-state index in [1.165, 1.54) is 0 Å². The van der Waals surface area contributed by atoms with Crippen molar-refractivity contribution in [3.63, 3.8) is 0 Å². The van der Waals surface area contributed by atoms with Crippen LogP contribution < -0.4 is 0 Å². The van der Waals surface area contributed by atoms with Crippen LogP contribution in [0.1, 0.15) is 34.6 Å². The second-order valence-electron chi connectivity index (χ2n) is 5.51. The molecule has 0 heterocycles. The quantitative estimate of drug-likeness (QED) is 0.590. The van der Waals surface area contributed by atoms with Gasteiger partial charge in [-0.15, -0.1) is 0 Å². The summed E-state index contributed by atoms with van der Waals surface area (Å²) >= 11 is 0. The van der Waals surface area contributed by atoms with E-state index < -0.39 is 11.9 Å². The van der Waals surface area contributed by atoms with Crippen LogP contribution in [0.4, 0.5) is 0 Å². The third-order valence-corrected chi connectivity index (χ3v) is 3.37. The molecule has 1 aromatic rings. The maximum atomic E-state index is 11.9. The maximum absolute atomic E-state index is 11.9. The number of carbonyl (C=O) groups is 2. The van der Waals surface area contributed by atoms with Crippen molar-refractivity contribution in [2.75, 3.05) is 28.2 Å². The Bertz CT molecular complexity index is 464. The standard InChI is InChI=1S/C16H24N2O4/c1-11(17(3)4)21-15(19)13-7-9-14(10-8-13)16(20)22-12(2)18(5)6/h7-12H,1-6H3. The molecule has 6 nitrogen and oxygen atoms in total. The first kappa shape index (κ1) is 18.1. The largest absolute Gasteiger partial charge is 0.443 e. The molecule has 0 bridgehead atoms. The molecule has 122 valence electrons. The van der Waals surface area contributed by atoms with Gasteiger partial charge in [0.2, 0.25) is 0 Å². The molecule has 2 unspecified atom stereocenters. The Kier molecular flexibility index (Phi) is 6.52. The van der Waals surface area contributed by atoms with Crippen LogP contribution in [0.5, 0.6) is 0 Å². The number of nitrogens with zero attached hydrogens (tertiary/aromatic N) is 2. The lowest BCUT2D eigenvalue weighted by Crippen LogP contribution is -2.30. The number of esters is 2. The van der Waals surface area contributed by atoms with Crippen molar-refractivity contribution in [2.24, 2.45) is 0 Å². The van der Waals surface area contributed by atoms with Crippen molar-refractivity contribution < 1.29 is 19.1 Å². The van der Waals surface area contributed by atoms with Crippen molar-refractivity contribution >= 4 is 11.9 Å². The summed E-state index contributed by atoms with van der Waals surface area (Å²) in [4.78, 5) is 27.4. The molecule has 0 radical (unpaired) electrons. The smallest absolute Gasteiger partial charge is 0.339 e. The monoisotopic (exact) mass is 308 g/mol. The highest BCUT2D eigenvalue weighted by atomic mass is 16.6. The summed E-state index contributed by atoms with van der Waals surface area (Å²) < 4.78 is 10.5. The summed E-state index contributed by atoms with van der Waals surface area (Å²) in [6.45, 7) is 3.57. The minimum absolute atomic E-state index is 0.321. The van der Waals surface area contributed by atoms with Gasteiger partial charge < -0.3 is 9.47 Å². The summed E-state index contributed by atoms with van der Waals surface area (Å²) in [7, 11) is 7.29. The van der Waals surface area contributed by atoms with Gasteiger partial charge in [0.1, 0.15) is 0 Å². The minimum atomic E-state index is -0.428. The predicted molar refractivity (Wildman–Crippen MR) is 83.6 cm³/mol. The van der Waals surface area contributed by atoms with E-state index in [0.29, 0.717) is 11.1 Å². The fraction of sp³-hybridized carbons (Fsp3) is 0.500. The highest BCUT2D eigenvalue weighted by Gasteiger charge is 2.16. The van der Waals surface area contributed by atoms with E-state index in [1.54, 1.807) is 47.9 Å². The Morgan fingerprint density at radius 3 is 1.27 bits per heavy atom. The Morgan fingerprint density at radius 2 is 1.05 bits per heavy atom. The molecular weight excluding hydrogens is 284 g/mol. The van der Waals surface area contributed by atoms with Gasteiger partial charge >= 0.3 is 11.9 Å². The van der Waals surface area contributed by atoms with Crippen molar-refractivity contribution in [2.45, 2.75) is 26.3 Å². The van der Waals surface area contributed by atoms with Crippen molar-refractivity contribution in [1.29, 1.82) is 0 Å². The van der Waals surface area contributed by atoms with Crippen LogP contribution >= 0.6 is 0 Å². The lowest BCUT2D eigenvalue weighted by Gasteiger charge is -2.20. The molecule has 0 aromatic heterocycles. The van der Waals surface area contributed by atoms with Gasteiger partial charge in [-0.25, -0.2) is 9.59 Å². The molecular formula is C16H24N2O4. The topological polar surface area (TPSA) is 59.1 Å². The van der Waals surface area contributed by atoms with Gasteiger partial charge in [0, 0.05) is 0 Å². The number of benzene rings is 1. The van der Waals surface area contributed by atoms with E-state index in [4.69, 9.17) is 9.47 Å². The highest BCUT2D eigenvalue weighted by molar-refractivity contribution is 5.93. The third-order valence-electron chi connectivity index (χ3n) is 3.37. The molecule has 0 N–H and O–H groups in total. The first-order valence-electron chi connectivity index (χ1n) is 7.07. The fourth-order valence-corrected chi connectivity index (χ4v) is 1.40. The molecule has 1 aromatic carbocycles. The zero-order chi connectivity index (χ0) is 16.9. The first-order chi connectivity index (χ1) is 10.2. The predicted octanol–water partition coefficient (Wildman–Crippen LogP) is 1.82. The number of hydrogen-bond acceptors (Lipinski definition) is 6. The second kappa shape index (κ2) is 7.91. The summed E-state index contributed by atoms with van der Waals surface area (Å²) in [5.41, 5.74) is 0.789. The fourth-order valence-electron chi connectivity index (χ4n) is 1.40. The van der Waals surface area contributed by atoms with Crippen LogP contribution in [0.25, 0.3) is 0 Å². The van der Waals surface area contributed by atoms with Crippen LogP contribution in [-0.2, 0) is 9.47 Å². The SMILES string of the molecule is CC(OC(=O)c1ccc(C(=O)OC(C)N(C)C)cc1)N(C)C. The van der Waals surface area contributed by atoms with Crippen molar-refractivity contribution in [1.82, 2.24) is 9.80 Å². The molecule has 0 aliphatic carbocycles. The lowest BCUT2D eigenvalue weighted by atomic mass is 10.1. The molecule has 0 spiro atoms. The van der Waals surface area contributed by atoms with E-state index in [0.717, 1.165) is 0 Å². The normalized spacial score (nSPS) is 13.8. The summed E-state index contributed by atoms with van der Waals surface area (Å²) in [6, 6.07) is 6.23. The van der Waals surface area contributed by atoms with E-state index in [2.05, 4.69) is 0 Å². The van der Waals surface area contributed by atoms with Gasteiger partial charge in [-0.05, 0) is 66.3 Å². The molecule has 0 amide bonds. The number of carbonyl (C=O) groups excluding carboxylic acids is 2. The van der Waals surface area contributed by atoms with E-state index in [1.807, 2.05) is 28.2 Å². The van der Waals surface area contributed by atoms with Gasteiger partial charge in [-0.3, -0.25) is 9.80 Å². The molecule has 1 rings (SSSR count). The average Bonchev–Trinajstić information content (AvgIpc) is 2.46. The molecule has 0 aliphatic heterocycles. The molecule has 0 aliphatic rings. The minimum Gasteiger partial charge on any atom is -0.443 e. The molecule has 0 fully saturated rings. The Morgan fingerprint density at radius 1 is 0.773 bits per heavy atom.